The number of hydrogen-bond donors (Lipinski definition) is 1. The summed E-state index contributed by atoms with van der Waals surface area (Å²) < 4.78 is 6.01. The maximum absolute atomic E-state index is 6.01. The molecule has 2 heteroatoms. The van der Waals surface area contributed by atoms with Gasteiger partial charge in [-0.25, -0.2) is 0 Å². The zero-order valence-electron chi connectivity index (χ0n) is 12.0. The van der Waals surface area contributed by atoms with Crippen molar-refractivity contribution in [2.45, 2.75) is 45.8 Å². The minimum Gasteiger partial charge on any atom is -0.376 e. The fraction of sp³-hybridized carbons (Fsp3) is 0.625. The summed E-state index contributed by atoms with van der Waals surface area (Å²) in [5.41, 5.74) is 4.14. The highest BCUT2D eigenvalue weighted by molar-refractivity contribution is 5.36. The SMILES string of the molecule is CCOC(C1CC1)C(NC)c1cccc(C)c1C. The predicted molar refractivity (Wildman–Crippen MR) is 75.9 cm³/mol. The number of nitrogens with one attached hydrogen (secondary N) is 1. The van der Waals surface area contributed by atoms with Crippen LogP contribution in [0.3, 0.4) is 0 Å². The van der Waals surface area contributed by atoms with Gasteiger partial charge in [0.2, 0.25) is 0 Å². The van der Waals surface area contributed by atoms with Crippen molar-refractivity contribution < 1.29 is 4.74 Å². The Morgan fingerprint density at radius 1 is 1.33 bits per heavy atom. The maximum Gasteiger partial charge on any atom is 0.0797 e. The van der Waals surface area contributed by atoms with Crippen molar-refractivity contribution in [2.24, 2.45) is 5.92 Å². The van der Waals surface area contributed by atoms with Crippen LogP contribution in [-0.2, 0) is 4.74 Å². The Bertz CT molecular complexity index is 398. The molecule has 0 spiro atoms. The molecule has 100 valence electrons. The van der Waals surface area contributed by atoms with E-state index in [2.05, 4.69) is 44.3 Å². The van der Waals surface area contributed by atoms with Crippen LogP contribution >= 0.6 is 0 Å². The first kappa shape index (κ1) is 13.6. The molecule has 0 bridgehead atoms. The minimum absolute atomic E-state index is 0.317. The van der Waals surface area contributed by atoms with Crippen LogP contribution in [0.5, 0.6) is 0 Å². The summed E-state index contributed by atoms with van der Waals surface area (Å²) in [6, 6.07) is 6.88. The molecule has 0 saturated heterocycles. The highest BCUT2D eigenvalue weighted by Gasteiger charge is 2.37. The molecule has 1 aliphatic carbocycles. The maximum atomic E-state index is 6.01. The van der Waals surface area contributed by atoms with Gasteiger partial charge in [-0.15, -0.1) is 0 Å². The summed E-state index contributed by atoms with van der Waals surface area (Å²) in [4.78, 5) is 0. The van der Waals surface area contributed by atoms with Crippen molar-refractivity contribution in [3.8, 4) is 0 Å². The Morgan fingerprint density at radius 3 is 2.61 bits per heavy atom. The number of hydrogen-bond acceptors (Lipinski definition) is 2. The molecule has 2 nitrogen and oxygen atoms in total. The van der Waals surface area contributed by atoms with Gasteiger partial charge in [-0.2, -0.15) is 0 Å². The summed E-state index contributed by atoms with van der Waals surface area (Å²) in [5, 5.41) is 3.47. The first-order valence-corrected chi connectivity index (χ1v) is 7.04. The average Bonchev–Trinajstić information content (AvgIpc) is 3.18. The van der Waals surface area contributed by atoms with Gasteiger partial charge in [-0.3, -0.25) is 0 Å². The molecule has 0 radical (unpaired) electrons. The van der Waals surface area contributed by atoms with E-state index in [0.29, 0.717) is 12.1 Å². The normalized spacial score (nSPS) is 18.7. The molecule has 18 heavy (non-hydrogen) atoms. The van der Waals surface area contributed by atoms with Crippen molar-refractivity contribution in [3.05, 3.63) is 34.9 Å². The van der Waals surface area contributed by atoms with E-state index < -0.39 is 0 Å². The van der Waals surface area contributed by atoms with Gasteiger partial charge < -0.3 is 10.1 Å². The standard InChI is InChI=1S/C16H25NO/c1-5-18-16(13-9-10-13)15(17-4)14-8-6-7-11(2)12(14)3/h6-8,13,15-17H,5,9-10H2,1-4H3. The van der Waals surface area contributed by atoms with Gasteiger partial charge in [0, 0.05) is 6.61 Å². The Hall–Kier alpha value is -0.860. The topological polar surface area (TPSA) is 21.3 Å². The second kappa shape index (κ2) is 5.85. The number of rotatable bonds is 6. The lowest BCUT2D eigenvalue weighted by Crippen LogP contribution is -2.34. The fourth-order valence-electron chi connectivity index (χ4n) is 2.73. The van der Waals surface area contributed by atoms with E-state index in [1.807, 2.05) is 7.05 Å². The second-order valence-electron chi connectivity index (χ2n) is 5.31. The Morgan fingerprint density at radius 2 is 2.06 bits per heavy atom. The van der Waals surface area contributed by atoms with Crippen molar-refractivity contribution in [3.63, 3.8) is 0 Å². The summed E-state index contributed by atoms with van der Waals surface area (Å²) in [5.74, 6) is 0.738. The van der Waals surface area contributed by atoms with Crippen LogP contribution in [-0.4, -0.2) is 19.8 Å². The number of ether oxygens (including phenoxy) is 1. The molecule has 2 unspecified atom stereocenters. The molecular weight excluding hydrogens is 222 g/mol. The lowest BCUT2D eigenvalue weighted by Gasteiger charge is -2.29. The van der Waals surface area contributed by atoms with E-state index in [4.69, 9.17) is 4.74 Å². The second-order valence-corrected chi connectivity index (χ2v) is 5.31. The van der Waals surface area contributed by atoms with E-state index in [9.17, 15) is 0 Å². The van der Waals surface area contributed by atoms with Gasteiger partial charge in [0.25, 0.3) is 0 Å². The molecule has 1 N–H and O–H groups in total. The smallest absolute Gasteiger partial charge is 0.0797 e. The quantitative estimate of drug-likeness (QED) is 0.832. The predicted octanol–water partition coefficient (Wildman–Crippen LogP) is 3.38. The number of benzene rings is 1. The molecule has 0 heterocycles. The lowest BCUT2D eigenvalue weighted by molar-refractivity contribution is 0.0203. The Balaban J connectivity index is 2.28. The molecule has 1 saturated carbocycles. The summed E-state index contributed by atoms with van der Waals surface area (Å²) in [6.07, 6.45) is 2.95. The van der Waals surface area contributed by atoms with E-state index in [1.54, 1.807) is 0 Å². The van der Waals surface area contributed by atoms with Gasteiger partial charge >= 0.3 is 0 Å². The third-order valence-corrected chi connectivity index (χ3v) is 4.07. The number of likely N-dealkylation sites (N-methyl/N-ethyl adjacent to an activating group) is 1. The van der Waals surface area contributed by atoms with Gasteiger partial charge in [0.05, 0.1) is 12.1 Å². The average molecular weight is 247 g/mol. The van der Waals surface area contributed by atoms with Gasteiger partial charge in [-0.1, -0.05) is 18.2 Å². The summed E-state index contributed by atoms with van der Waals surface area (Å²) >= 11 is 0. The lowest BCUT2D eigenvalue weighted by atomic mass is 9.92. The molecular formula is C16H25NO. The molecule has 0 amide bonds. The van der Waals surface area contributed by atoms with E-state index in [-0.39, 0.29) is 0 Å². The minimum atomic E-state index is 0.317. The van der Waals surface area contributed by atoms with Crippen molar-refractivity contribution in [1.82, 2.24) is 5.32 Å². The first-order valence-electron chi connectivity index (χ1n) is 7.04. The molecule has 2 atom stereocenters. The van der Waals surface area contributed by atoms with Crippen LogP contribution in [0.25, 0.3) is 0 Å². The van der Waals surface area contributed by atoms with Crippen LogP contribution < -0.4 is 5.32 Å². The van der Waals surface area contributed by atoms with Crippen LogP contribution in [0.15, 0.2) is 18.2 Å². The highest BCUT2D eigenvalue weighted by atomic mass is 16.5. The Kier molecular flexibility index (Phi) is 4.41. The van der Waals surface area contributed by atoms with Crippen LogP contribution in [0.2, 0.25) is 0 Å². The molecule has 0 aromatic heterocycles. The molecule has 1 aliphatic rings. The van der Waals surface area contributed by atoms with Crippen LogP contribution in [0.4, 0.5) is 0 Å². The zero-order valence-corrected chi connectivity index (χ0v) is 12.0. The zero-order chi connectivity index (χ0) is 13.1. The molecule has 1 fully saturated rings. The third kappa shape index (κ3) is 2.76. The van der Waals surface area contributed by atoms with Crippen LogP contribution in [0, 0.1) is 19.8 Å². The van der Waals surface area contributed by atoms with E-state index in [1.165, 1.54) is 29.5 Å². The first-order chi connectivity index (χ1) is 8.69. The Labute approximate surface area is 111 Å². The monoisotopic (exact) mass is 247 g/mol. The van der Waals surface area contributed by atoms with E-state index in [0.717, 1.165) is 12.5 Å². The largest absolute Gasteiger partial charge is 0.376 e. The molecule has 0 aliphatic heterocycles. The van der Waals surface area contributed by atoms with Gasteiger partial charge in [-0.05, 0) is 63.3 Å². The van der Waals surface area contributed by atoms with Crippen LogP contribution in [0.1, 0.15) is 42.5 Å². The summed E-state index contributed by atoms with van der Waals surface area (Å²) in [7, 11) is 2.04. The van der Waals surface area contributed by atoms with Crippen molar-refractivity contribution in [2.75, 3.05) is 13.7 Å². The molecule has 2 rings (SSSR count). The summed E-state index contributed by atoms with van der Waals surface area (Å²) in [6.45, 7) is 7.28. The van der Waals surface area contributed by atoms with E-state index >= 15 is 0 Å². The van der Waals surface area contributed by atoms with Crippen molar-refractivity contribution >= 4 is 0 Å². The number of aryl methyl sites for hydroxylation is 1. The van der Waals surface area contributed by atoms with Gasteiger partial charge in [0.1, 0.15) is 0 Å². The molecule has 1 aromatic carbocycles. The molecule has 1 aromatic rings. The highest BCUT2D eigenvalue weighted by Crippen LogP contribution is 2.40. The fourth-order valence-corrected chi connectivity index (χ4v) is 2.73. The van der Waals surface area contributed by atoms with Gasteiger partial charge in [0.15, 0.2) is 0 Å². The van der Waals surface area contributed by atoms with Crippen molar-refractivity contribution in [1.29, 1.82) is 0 Å². The third-order valence-electron chi connectivity index (χ3n) is 4.07.